The highest BCUT2D eigenvalue weighted by Gasteiger charge is 2.26. The highest BCUT2D eigenvalue weighted by Crippen LogP contribution is 2.24. The Morgan fingerprint density at radius 2 is 1.57 bits per heavy atom. The Morgan fingerprint density at radius 3 is 2.07 bits per heavy atom. The fourth-order valence-corrected chi connectivity index (χ4v) is 2.77. The van der Waals surface area contributed by atoms with Crippen molar-refractivity contribution in [2.45, 2.75) is 57.0 Å². The molecule has 1 aliphatic heterocycles. The molecule has 2 fully saturated rings. The van der Waals surface area contributed by atoms with E-state index in [1.54, 1.807) is 0 Å². The van der Waals surface area contributed by atoms with Gasteiger partial charge in [-0.05, 0) is 19.3 Å². The first-order valence-electron chi connectivity index (χ1n) is 5.86. The zero-order valence-electron chi connectivity index (χ0n) is 8.95. The smallest absolute Gasteiger partial charge is 0.0180 e. The Labute approximate surface area is 93.6 Å². The number of hydrogen-bond acceptors (Lipinski definition) is 2. The van der Waals surface area contributed by atoms with Gasteiger partial charge in [0.25, 0.3) is 0 Å². The number of rotatable bonds is 1. The van der Waals surface area contributed by atoms with Crippen molar-refractivity contribution in [3.05, 3.63) is 0 Å². The first-order chi connectivity index (χ1) is 6.36. The van der Waals surface area contributed by atoms with Gasteiger partial charge in [0.2, 0.25) is 0 Å². The molecular weight excluding hydrogens is 196 g/mol. The van der Waals surface area contributed by atoms with Gasteiger partial charge in [0.1, 0.15) is 0 Å². The highest BCUT2D eigenvalue weighted by molar-refractivity contribution is 5.85. The molecule has 1 saturated heterocycles. The van der Waals surface area contributed by atoms with E-state index in [0.29, 0.717) is 6.04 Å². The standard InChI is InChI=1S/C11H22N2.ClH/c12-10-7-8-13(9-10)11-5-3-1-2-4-6-11;/h10-11H,1-9,12H2;1H/t10-;/m0./s1. The van der Waals surface area contributed by atoms with Crippen LogP contribution < -0.4 is 5.73 Å². The molecule has 84 valence electrons. The van der Waals surface area contributed by atoms with Gasteiger partial charge in [-0.25, -0.2) is 0 Å². The van der Waals surface area contributed by atoms with E-state index in [-0.39, 0.29) is 12.4 Å². The minimum Gasteiger partial charge on any atom is -0.326 e. The Hall–Kier alpha value is 0.210. The second kappa shape index (κ2) is 5.94. The van der Waals surface area contributed by atoms with Crippen LogP contribution in [0.5, 0.6) is 0 Å². The summed E-state index contributed by atoms with van der Waals surface area (Å²) in [5.74, 6) is 0. The second-order valence-corrected chi connectivity index (χ2v) is 4.69. The lowest BCUT2D eigenvalue weighted by Crippen LogP contribution is -2.35. The lowest BCUT2D eigenvalue weighted by molar-refractivity contribution is 0.219. The molecule has 0 spiro atoms. The van der Waals surface area contributed by atoms with E-state index in [1.807, 2.05) is 0 Å². The van der Waals surface area contributed by atoms with Crippen LogP contribution in [0.4, 0.5) is 0 Å². The van der Waals surface area contributed by atoms with Gasteiger partial charge in [-0.15, -0.1) is 12.4 Å². The summed E-state index contributed by atoms with van der Waals surface area (Å²) in [7, 11) is 0. The summed E-state index contributed by atoms with van der Waals surface area (Å²) in [6.45, 7) is 2.41. The van der Waals surface area contributed by atoms with Crippen molar-refractivity contribution >= 4 is 12.4 Å². The van der Waals surface area contributed by atoms with Crippen molar-refractivity contribution in [2.75, 3.05) is 13.1 Å². The van der Waals surface area contributed by atoms with Crippen molar-refractivity contribution in [1.82, 2.24) is 4.90 Å². The van der Waals surface area contributed by atoms with Gasteiger partial charge in [-0.2, -0.15) is 0 Å². The average Bonchev–Trinajstić information content (AvgIpc) is 2.43. The van der Waals surface area contributed by atoms with Gasteiger partial charge in [0.05, 0.1) is 0 Å². The van der Waals surface area contributed by atoms with Gasteiger partial charge >= 0.3 is 0 Å². The van der Waals surface area contributed by atoms with E-state index in [0.717, 1.165) is 12.6 Å². The van der Waals surface area contributed by atoms with Crippen LogP contribution in [0.3, 0.4) is 0 Å². The molecule has 1 aliphatic carbocycles. The molecule has 1 heterocycles. The van der Waals surface area contributed by atoms with Crippen molar-refractivity contribution in [1.29, 1.82) is 0 Å². The Bertz CT molecular complexity index is 155. The summed E-state index contributed by atoms with van der Waals surface area (Å²) < 4.78 is 0. The van der Waals surface area contributed by atoms with E-state index in [4.69, 9.17) is 5.73 Å². The first-order valence-corrected chi connectivity index (χ1v) is 5.86. The molecule has 0 aromatic heterocycles. The molecule has 0 amide bonds. The second-order valence-electron chi connectivity index (χ2n) is 4.69. The monoisotopic (exact) mass is 218 g/mol. The quantitative estimate of drug-likeness (QED) is 0.684. The average molecular weight is 219 g/mol. The van der Waals surface area contributed by atoms with Gasteiger partial charge in [-0.3, -0.25) is 4.90 Å². The summed E-state index contributed by atoms with van der Waals surface area (Å²) in [5, 5.41) is 0. The third-order valence-corrected chi connectivity index (χ3v) is 3.60. The van der Waals surface area contributed by atoms with Gasteiger partial charge in [0.15, 0.2) is 0 Å². The number of nitrogens with two attached hydrogens (primary N) is 1. The number of hydrogen-bond donors (Lipinski definition) is 1. The molecule has 14 heavy (non-hydrogen) atoms. The van der Waals surface area contributed by atoms with E-state index in [2.05, 4.69) is 4.90 Å². The first kappa shape index (κ1) is 12.3. The molecule has 2 aliphatic rings. The summed E-state index contributed by atoms with van der Waals surface area (Å²) in [6, 6.07) is 1.33. The number of nitrogens with zero attached hydrogens (tertiary/aromatic N) is 1. The van der Waals surface area contributed by atoms with Crippen LogP contribution in [-0.2, 0) is 0 Å². The Balaban J connectivity index is 0.000000980. The number of halogens is 1. The van der Waals surface area contributed by atoms with Gasteiger partial charge < -0.3 is 5.73 Å². The lowest BCUT2D eigenvalue weighted by Gasteiger charge is -2.26. The maximum atomic E-state index is 5.93. The zero-order valence-corrected chi connectivity index (χ0v) is 9.77. The van der Waals surface area contributed by atoms with E-state index >= 15 is 0 Å². The lowest BCUT2D eigenvalue weighted by atomic mass is 10.1. The van der Waals surface area contributed by atoms with Crippen molar-refractivity contribution in [3.63, 3.8) is 0 Å². The third-order valence-electron chi connectivity index (χ3n) is 3.60. The van der Waals surface area contributed by atoms with Gasteiger partial charge in [0, 0.05) is 25.2 Å². The molecule has 0 aromatic rings. The maximum absolute atomic E-state index is 5.93. The molecule has 0 bridgehead atoms. The van der Waals surface area contributed by atoms with Crippen LogP contribution >= 0.6 is 12.4 Å². The predicted molar refractivity (Wildman–Crippen MR) is 62.9 cm³/mol. The van der Waals surface area contributed by atoms with Crippen molar-refractivity contribution < 1.29 is 0 Å². The number of likely N-dealkylation sites (tertiary alicyclic amines) is 1. The fourth-order valence-electron chi connectivity index (χ4n) is 2.77. The minimum absolute atomic E-state index is 0. The van der Waals surface area contributed by atoms with E-state index < -0.39 is 0 Å². The molecule has 1 atom stereocenters. The van der Waals surface area contributed by atoms with Crippen molar-refractivity contribution in [2.24, 2.45) is 5.73 Å². The molecular formula is C11H23ClN2. The van der Waals surface area contributed by atoms with Gasteiger partial charge in [-0.1, -0.05) is 25.7 Å². The Morgan fingerprint density at radius 1 is 0.929 bits per heavy atom. The summed E-state index contributed by atoms with van der Waals surface area (Å²) in [6.07, 6.45) is 9.86. The van der Waals surface area contributed by atoms with E-state index in [1.165, 1.54) is 51.5 Å². The van der Waals surface area contributed by atoms with Crippen LogP contribution in [0, 0.1) is 0 Å². The third kappa shape index (κ3) is 3.11. The summed E-state index contributed by atoms with van der Waals surface area (Å²) in [5.41, 5.74) is 5.93. The fraction of sp³-hybridized carbons (Fsp3) is 1.00. The Kier molecular flexibility index (Phi) is 5.21. The molecule has 0 unspecified atom stereocenters. The highest BCUT2D eigenvalue weighted by atomic mass is 35.5. The normalized spacial score (nSPS) is 31.1. The van der Waals surface area contributed by atoms with Crippen LogP contribution in [0.25, 0.3) is 0 Å². The molecule has 1 saturated carbocycles. The van der Waals surface area contributed by atoms with Crippen LogP contribution in [-0.4, -0.2) is 30.1 Å². The summed E-state index contributed by atoms with van der Waals surface area (Å²) >= 11 is 0. The molecule has 2 N–H and O–H groups in total. The molecule has 0 aromatic carbocycles. The molecule has 0 radical (unpaired) electrons. The zero-order chi connectivity index (χ0) is 9.10. The molecule has 2 rings (SSSR count). The molecule has 2 nitrogen and oxygen atoms in total. The largest absolute Gasteiger partial charge is 0.326 e. The van der Waals surface area contributed by atoms with Crippen LogP contribution in [0.1, 0.15) is 44.9 Å². The van der Waals surface area contributed by atoms with Crippen LogP contribution in [0.2, 0.25) is 0 Å². The summed E-state index contributed by atoms with van der Waals surface area (Å²) in [4.78, 5) is 2.63. The SMILES string of the molecule is Cl.N[C@H]1CCN(C2CCCCCC2)C1. The van der Waals surface area contributed by atoms with Crippen molar-refractivity contribution in [3.8, 4) is 0 Å². The molecule has 3 heteroatoms. The predicted octanol–water partition coefficient (Wildman–Crippen LogP) is 2.16. The van der Waals surface area contributed by atoms with Crippen LogP contribution in [0.15, 0.2) is 0 Å². The van der Waals surface area contributed by atoms with E-state index in [9.17, 15) is 0 Å². The topological polar surface area (TPSA) is 29.3 Å². The maximum Gasteiger partial charge on any atom is 0.0180 e. The minimum atomic E-state index is 0.